The van der Waals surface area contributed by atoms with Crippen molar-refractivity contribution in [3.63, 3.8) is 0 Å². The molecular formula is C9H17NO5. The van der Waals surface area contributed by atoms with Crippen molar-refractivity contribution in [2.24, 2.45) is 5.41 Å². The van der Waals surface area contributed by atoms with Gasteiger partial charge < -0.3 is 19.9 Å². The Labute approximate surface area is 88.6 Å². The van der Waals surface area contributed by atoms with Crippen LogP contribution in [0.2, 0.25) is 0 Å². The first-order valence-electron chi connectivity index (χ1n) is 4.59. The molecule has 0 aromatic carbocycles. The predicted octanol–water partition coefficient (Wildman–Crippen LogP) is 0.470. The molecule has 0 fully saturated rings. The average Bonchev–Trinajstić information content (AvgIpc) is 2.23. The van der Waals surface area contributed by atoms with E-state index in [0.717, 1.165) is 0 Å². The van der Waals surface area contributed by atoms with E-state index < -0.39 is 17.5 Å². The van der Waals surface area contributed by atoms with E-state index in [1.54, 1.807) is 6.92 Å². The van der Waals surface area contributed by atoms with E-state index in [2.05, 4.69) is 5.32 Å². The Bertz CT molecular complexity index is 231. The predicted molar refractivity (Wildman–Crippen MR) is 52.6 cm³/mol. The molecule has 0 saturated carbocycles. The van der Waals surface area contributed by atoms with Crippen LogP contribution in [-0.2, 0) is 14.3 Å². The topological polar surface area (TPSA) is 84.9 Å². The van der Waals surface area contributed by atoms with Gasteiger partial charge in [0.1, 0.15) is 12.0 Å². The molecule has 0 aliphatic rings. The number of carbonyl (C=O) groups excluding carboxylic acids is 1. The lowest BCUT2D eigenvalue weighted by molar-refractivity contribution is -0.155. The highest BCUT2D eigenvalue weighted by atomic mass is 16.6. The standard InChI is InChI=1S/C9H17NO5/c1-4-9(5-14-3,7(11)12)6-15-8(13)10-2/h4-6H2,1-3H3,(H,10,13)(H,11,12). The monoisotopic (exact) mass is 219 g/mol. The zero-order chi connectivity index (χ0) is 11.9. The first-order valence-corrected chi connectivity index (χ1v) is 4.59. The van der Waals surface area contributed by atoms with E-state index in [1.165, 1.54) is 14.2 Å². The molecule has 1 atom stereocenters. The molecule has 1 amide bonds. The van der Waals surface area contributed by atoms with Gasteiger partial charge in [0.2, 0.25) is 0 Å². The third kappa shape index (κ3) is 3.75. The minimum absolute atomic E-state index is 0.00975. The minimum atomic E-state index is -1.17. The van der Waals surface area contributed by atoms with Gasteiger partial charge >= 0.3 is 12.1 Å². The molecular weight excluding hydrogens is 202 g/mol. The fourth-order valence-corrected chi connectivity index (χ4v) is 1.07. The maximum atomic E-state index is 11.1. The number of hydrogen-bond acceptors (Lipinski definition) is 4. The number of amides is 1. The third-order valence-corrected chi connectivity index (χ3v) is 2.23. The Kier molecular flexibility index (Phi) is 5.69. The molecule has 0 saturated heterocycles. The van der Waals surface area contributed by atoms with Crippen molar-refractivity contribution < 1.29 is 24.2 Å². The number of hydrogen-bond donors (Lipinski definition) is 2. The van der Waals surface area contributed by atoms with Crippen LogP contribution in [0, 0.1) is 5.41 Å². The van der Waals surface area contributed by atoms with E-state index in [4.69, 9.17) is 14.6 Å². The highest BCUT2D eigenvalue weighted by Gasteiger charge is 2.38. The largest absolute Gasteiger partial charge is 0.481 e. The van der Waals surface area contributed by atoms with E-state index in [9.17, 15) is 9.59 Å². The number of carboxylic acids is 1. The Hall–Kier alpha value is -1.30. The van der Waals surface area contributed by atoms with Gasteiger partial charge in [0.25, 0.3) is 0 Å². The Morgan fingerprint density at radius 2 is 2.00 bits per heavy atom. The molecule has 0 aliphatic heterocycles. The van der Waals surface area contributed by atoms with Crippen molar-refractivity contribution >= 4 is 12.1 Å². The molecule has 15 heavy (non-hydrogen) atoms. The number of carbonyl (C=O) groups is 2. The van der Waals surface area contributed by atoms with Gasteiger partial charge in [0, 0.05) is 14.2 Å². The molecule has 0 aliphatic carbocycles. The van der Waals surface area contributed by atoms with Gasteiger partial charge in [-0.3, -0.25) is 4.79 Å². The van der Waals surface area contributed by atoms with Gasteiger partial charge in [0.05, 0.1) is 6.61 Å². The summed E-state index contributed by atoms with van der Waals surface area (Å²) in [5, 5.41) is 11.3. The summed E-state index contributed by atoms with van der Waals surface area (Å²) >= 11 is 0. The lowest BCUT2D eigenvalue weighted by Crippen LogP contribution is -2.41. The summed E-state index contributed by atoms with van der Waals surface area (Å²) < 4.78 is 9.58. The minimum Gasteiger partial charge on any atom is -0.481 e. The maximum Gasteiger partial charge on any atom is 0.406 e. The molecule has 88 valence electrons. The van der Waals surface area contributed by atoms with Crippen LogP contribution in [0.1, 0.15) is 13.3 Å². The van der Waals surface area contributed by atoms with Crippen molar-refractivity contribution in [2.75, 3.05) is 27.4 Å². The van der Waals surface area contributed by atoms with Crippen LogP contribution in [0.5, 0.6) is 0 Å². The van der Waals surface area contributed by atoms with Gasteiger partial charge in [0.15, 0.2) is 0 Å². The van der Waals surface area contributed by atoms with Crippen LogP contribution in [0.3, 0.4) is 0 Å². The van der Waals surface area contributed by atoms with Crippen LogP contribution in [-0.4, -0.2) is 44.5 Å². The van der Waals surface area contributed by atoms with Gasteiger partial charge in [-0.1, -0.05) is 6.92 Å². The number of aliphatic carboxylic acids is 1. The molecule has 6 nitrogen and oxygen atoms in total. The second kappa shape index (κ2) is 6.23. The maximum absolute atomic E-state index is 11.1. The molecule has 0 aromatic rings. The number of nitrogens with one attached hydrogen (secondary N) is 1. The molecule has 0 spiro atoms. The Morgan fingerprint density at radius 1 is 1.40 bits per heavy atom. The highest BCUT2D eigenvalue weighted by Crippen LogP contribution is 2.23. The number of alkyl carbamates (subject to hydrolysis) is 1. The van der Waals surface area contributed by atoms with Crippen LogP contribution >= 0.6 is 0 Å². The van der Waals surface area contributed by atoms with Crippen molar-refractivity contribution in [1.29, 1.82) is 0 Å². The van der Waals surface area contributed by atoms with Crippen LogP contribution in [0.15, 0.2) is 0 Å². The van der Waals surface area contributed by atoms with Crippen molar-refractivity contribution in [2.45, 2.75) is 13.3 Å². The molecule has 0 radical (unpaired) electrons. The number of carboxylic acid groups (broad SMARTS) is 1. The molecule has 0 bridgehead atoms. The van der Waals surface area contributed by atoms with E-state index in [-0.39, 0.29) is 13.2 Å². The smallest absolute Gasteiger partial charge is 0.406 e. The zero-order valence-electron chi connectivity index (χ0n) is 9.20. The second-order valence-electron chi connectivity index (χ2n) is 3.20. The molecule has 0 aromatic heterocycles. The van der Waals surface area contributed by atoms with Crippen molar-refractivity contribution in [3.8, 4) is 0 Å². The van der Waals surface area contributed by atoms with E-state index in [0.29, 0.717) is 6.42 Å². The SMILES string of the molecule is CCC(COC)(COC(=O)NC)C(=O)O. The second-order valence-corrected chi connectivity index (χ2v) is 3.20. The van der Waals surface area contributed by atoms with Crippen LogP contribution in [0.25, 0.3) is 0 Å². The highest BCUT2D eigenvalue weighted by molar-refractivity contribution is 5.75. The number of ether oxygens (including phenoxy) is 2. The summed E-state index contributed by atoms with van der Waals surface area (Å²) in [6.07, 6.45) is -0.321. The van der Waals surface area contributed by atoms with Gasteiger partial charge in [-0.15, -0.1) is 0 Å². The number of methoxy groups -OCH3 is 1. The van der Waals surface area contributed by atoms with E-state index in [1.807, 2.05) is 0 Å². The lowest BCUT2D eigenvalue weighted by Gasteiger charge is -2.26. The first kappa shape index (κ1) is 13.7. The third-order valence-electron chi connectivity index (χ3n) is 2.23. The summed E-state index contributed by atoms with van der Waals surface area (Å²) in [5.41, 5.74) is -1.17. The summed E-state index contributed by atoms with van der Waals surface area (Å²) in [6, 6.07) is 0. The molecule has 0 heterocycles. The summed E-state index contributed by atoms with van der Waals surface area (Å²) in [6.45, 7) is 1.52. The molecule has 6 heteroatoms. The van der Waals surface area contributed by atoms with Gasteiger partial charge in [-0.25, -0.2) is 4.79 Å². The van der Waals surface area contributed by atoms with Crippen molar-refractivity contribution in [1.82, 2.24) is 5.32 Å². The van der Waals surface area contributed by atoms with E-state index >= 15 is 0 Å². The lowest BCUT2D eigenvalue weighted by atomic mass is 9.87. The van der Waals surface area contributed by atoms with Crippen LogP contribution < -0.4 is 5.32 Å². The van der Waals surface area contributed by atoms with Crippen molar-refractivity contribution in [3.05, 3.63) is 0 Å². The summed E-state index contributed by atoms with van der Waals surface area (Å²) in [5.74, 6) is -1.03. The van der Waals surface area contributed by atoms with Gasteiger partial charge in [-0.05, 0) is 6.42 Å². The summed E-state index contributed by atoms with van der Waals surface area (Å²) in [4.78, 5) is 21.9. The first-order chi connectivity index (χ1) is 7.02. The van der Waals surface area contributed by atoms with Gasteiger partial charge in [-0.2, -0.15) is 0 Å². The Balaban J connectivity index is 4.48. The van der Waals surface area contributed by atoms with Crippen LogP contribution in [0.4, 0.5) is 4.79 Å². The normalized spacial score (nSPS) is 14.1. The molecule has 0 rings (SSSR count). The fourth-order valence-electron chi connectivity index (χ4n) is 1.07. The number of rotatable bonds is 6. The zero-order valence-corrected chi connectivity index (χ0v) is 9.20. The Morgan fingerprint density at radius 3 is 2.33 bits per heavy atom. The molecule has 1 unspecified atom stereocenters. The molecule has 2 N–H and O–H groups in total. The average molecular weight is 219 g/mol. The fraction of sp³-hybridized carbons (Fsp3) is 0.778. The summed E-state index contributed by atoms with van der Waals surface area (Å²) in [7, 11) is 2.82. The quantitative estimate of drug-likeness (QED) is 0.678.